The molecule has 26 heavy (non-hydrogen) atoms. The standard InChI is InChI=1S/C19H16O7/c1-9-15(26-11(3)20)6-5-12-17(21)14(8-24-18(9)12)13-7-16(19(22)23-4)25-10(13)2/h5-8H,1-4H3. The van der Waals surface area contributed by atoms with E-state index in [1.807, 2.05) is 0 Å². The van der Waals surface area contributed by atoms with Crippen LogP contribution in [0.2, 0.25) is 0 Å². The molecule has 0 saturated heterocycles. The van der Waals surface area contributed by atoms with Crippen LogP contribution in [-0.4, -0.2) is 19.0 Å². The molecular formula is C19H16O7. The van der Waals surface area contributed by atoms with Crippen LogP contribution in [0.5, 0.6) is 5.75 Å². The highest BCUT2D eigenvalue weighted by atomic mass is 16.5. The Morgan fingerprint density at radius 3 is 2.50 bits per heavy atom. The quantitative estimate of drug-likeness (QED) is 0.524. The van der Waals surface area contributed by atoms with Gasteiger partial charge in [0.1, 0.15) is 23.4 Å². The third kappa shape index (κ3) is 2.88. The van der Waals surface area contributed by atoms with Gasteiger partial charge in [-0.15, -0.1) is 0 Å². The molecule has 0 aliphatic carbocycles. The summed E-state index contributed by atoms with van der Waals surface area (Å²) in [6.07, 6.45) is 1.30. The van der Waals surface area contributed by atoms with E-state index in [2.05, 4.69) is 4.74 Å². The van der Waals surface area contributed by atoms with Crippen molar-refractivity contribution in [2.45, 2.75) is 20.8 Å². The summed E-state index contributed by atoms with van der Waals surface area (Å²) in [5, 5.41) is 0.330. The number of esters is 2. The van der Waals surface area contributed by atoms with Crippen molar-refractivity contribution in [2.24, 2.45) is 0 Å². The Bertz CT molecular complexity index is 1090. The Morgan fingerprint density at radius 1 is 1.12 bits per heavy atom. The van der Waals surface area contributed by atoms with Gasteiger partial charge in [-0.25, -0.2) is 4.79 Å². The van der Waals surface area contributed by atoms with E-state index in [0.717, 1.165) is 0 Å². The molecule has 0 saturated carbocycles. The Kier molecular flexibility index (Phi) is 4.38. The monoisotopic (exact) mass is 356 g/mol. The van der Waals surface area contributed by atoms with E-state index in [9.17, 15) is 14.4 Å². The lowest BCUT2D eigenvalue weighted by Crippen LogP contribution is -2.07. The minimum Gasteiger partial charge on any atom is -0.463 e. The van der Waals surface area contributed by atoms with Crippen molar-refractivity contribution in [1.29, 1.82) is 0 Å². The second-order valence-electron chi connectivity index (χ2n) is 5.71. The zero-order valence-electron chi connectivity index (χ0n) is 14.7. The van der Waals surface area contributed by atoms with Gasteiger partial charge in [0.15, 0.2) is 0 Å². The fourth-order valence-electron chi connectivity index (χ4n) is 2.72. The molecule has 2 aromatic heterocycles. The second kappa shape index (κ2) is 6.51. The van der Waals surface area contributed by atoms with Gasteiger partial charge >= 0.3 is 11.9 Å². The molecular weight excluding hydrogens is 340 g/mol. The molecule has 0 bridgehead atoms. The molecule has 0 spiro atoms. The highest BCUT2D eigenvalue weighted by Crippen LogP contribution is 2.30. The minimum absolute atomic E-state index is 0.000818. The summed E-state index contributed by atoms with van der Waals surface area (Å²) in [5.74, 6) is -0.373. The number of methoxy groups -OCH3 is 1. The van der Waals surface area contributed by atoms with E-state index in [-0.39, 0.29) is 16.8 Å². The van der Waals surface area contributed by atoms with Gasteiger partial charge in [0.25, 0.3) is 0 Å². The molecule has 0 atom stereocenters. The number of ether oxygens (including phenoxy) is 2. The van der Waals surface area contributed by atoms with E-state index < -0.39 is 11.9 Å². The Morgan fingerprint density at radius 2 is 1.85 bits per heavy atom. The van der Waals surface area contributed by atoms with Crippen molar-refractivity contribution in [3.8, 4) is 16.9 Å². The number of carbonyl (C=O) groups excluding carboxylic acids is 2. The van der Waals surface area contributed by atoms with E-state index >= 15 is 0 Å². The molecule has 3 rings (SSSR count). The third-order valence-corrected chi connectivity index (χ3v) is 3.99. The van der Waals surface area contributed by atoms with Crippen LogP contribution < -0.4 is 10.2 Å². The summed E-state index contributed by atoms with van der Waals surface area (Å²) >= 11 is 0. The van der Waals surface area contributed by atoms with Gasteiger partial charge < -0.3 is 18.3 Å². The summed E-state index contributed by atoms with van der Waals surface area (Å²) in [4.78, 5) is 35.7. The van der Waals surface area contributed by atoms with E-state index in [4.69, 9.17) is 13.6 Å². The van der Waals surface area contributed by atoms with Gasteiger partial charge in [-0.3, -0.25) is 9.59 Å². The van der Waals surface area contributed by atoms with Gasteiger partial charge in [-0.1, -0.05) is 0 Å². The molecule has 0 fully saturated rings. The van der Waals surface area contributed by atoms with Crippen molar-refractivity contribution in [3.63, 3.8) is 0 Å². The predicted molar refractivity (Wildman–Crippen MR) is 92.3 cm³/mol. The lowest BCUT2D eigenvalue weighted by Gasteiger charge is -2.08. The van der Waals surface area contributed by atoms with Crippen LogP contribution in [0.15, 0.2) is 38.1 Å². The van der Waals surface area contributed by atoms with Crippen molar-refractivity contribution in [3.05, 3.63) is 51.8 Å². The zero-order chi connectivity index (χ0) is 19.0. The van der Waals surface area contributed by atoms with E-state index in [1.165, 1.54) is 32.4 Å². The molecule has 0 radical (unpaired) electrons. The molecule has 0 unspecified atom stereocenters. The molecule has 3 aromatic rings. The number of carbonyl (C=O) groups is 2. The molecule has 0 aliphatic rings. The van der Waals surface area contributed by atoms with Gasteiger partial charge in [-0.05, 0) is 32.0 Å². The lowest BCUT2D eigenvalue weighted by molar-refractivity contribution is -0.131. The Balaban J connectivity index is 2.17. The summed E-state index contributed by atoms with van der Waals surface area (Å²) in [6.45, 7) is 4.63. The van der Waals surface area contributed by atoms with Crippen LogP contribution in [-0.2, 0) is 9.53 Å². The van der Waals surface area contributed by atoms with Crippen molar-refractivity contribution < 1.29 is 27.9 Å². The largest absolute Gasteiger partial charge is 0.463 e. The first-order valence-electron chi connectivity index (χ1n) is 7.76. The van der Waals surface area contributed by atoms with Gasteiger partial charge in [0.2, 0.25) is 11.2 Å². The van der Waals surface area contributed by atoms with Crippen LogP contribution in [0.3, 0.4) is 0 Å². The molecule has 7 heteroatoms. The third-order valence-electron chi connectivity index (χ3n) is 3.99. The molecule has 134 valence electrons. The number of furan rings is 1. The molecule has 0 N–H and O–H groups in total. The van der Waals surface area contributed by atoms with Crippen LogP contribution in [0.1, 0.15) is 28.8 Å². The van der Waals surface area contributed by atoms with Crippen molar-refractivity contribution in [1.82, 2.24) is 0 Å². The second-order valence-corrected chi connectivity index (χ2v) is 5.71. The average Bonchev–Trinajstić information content (AvgIpc) is 2.98. The first kappa shape index (κ1) is 17.5. The van der Waals surface area contributed by atoms with Crippen LogP contribution in [0, 0.1) is 13.8 Å². The molecule has 0 amide bonds. The molecule has 7 nitrogen and oxygen atoms in total. The predicted octanol–water partition coefficient (Wildman–Crippen LogP) is 3.38. The molecule has 2 heterocycles. The maximum Gasteiger partial charge on any atom is 0.373 e. The first-order chi connectivity index (χ1) is 12.3. The normalized spacial score (nSPS) is 10.8. The zero-order valence-corrected chi connectivity index (χ0v) is 14.7. The van der Waals surface area contributed by atoms with Gasteiger partial charge in [-0.2, -0.15) is 0 Å². The number of aryl methyl sites for hydroxylation is 2. The number of benzene rings is 1. The minimum atomic E-state index is -0.633. The van der Waals surface area contributed by atoms with Gasteiger partial charge in [0.05, 0.1) is 18.1 Å². The highest BCUT2D eigenvalue weighted by molar-refractivity contribution is 5.90. The fourth-order valence-corrected chi connectivity index (χ4v) is 2.72. The Hall–Kier alpha value is -3.35. The Labute approximate surface area is 148 Å². The van der Waals surface area contributed by atoms with E-state index in [1.54, 1.807) is 19.9 Å². The van der Waals surface area contributed by atoms with Crippen molar-refractivity contribution in [2.75, 3.05) is 7.11 Å². The SMILES string of the molecule is COC(=O)c1cc(-c2coc3c(C)c(OC(C)=O)ccc3c2=O)c(C)o1. The average molecular weight is 356 g/mol. The number of hydrogen-bond donors (Lipinski definition) is 0. The maximum absolute atomic E-state index is 12.9. The van der Waals surface area contributed by atoms with Crippen LogP contribution in [0.4, 0.5) is 0 Å². The summed E-state index contributed by atoms with van der Waals surface area (Å²) in [5.41, 5.74) is 1.28. The number of rotatable bonds is 3. The smallest absolute Gasteiger partial charge is 0.373 e. The number of hydrogen-bond acceptors (Lipinski definition) is 7. The van der Waals surface area contributed by atoms with Crippen molar-refractivity contribution >= 4 is 22.9 Å². The maximum atomic E-state index is 12.9. The molecule has 1 aromatic carbocycles. The number of fused-ring (bicyclic) bond motifs is 1. The summed E-state index contributed by atoms with van der Waals surface area (Å²) < 4.78 is 20.7. The van der Waals surface area contributed by atoms with Crippen LogP contribution in [0.25, 0.3) is 22.1 Å². The van der Waals surface area contributed by atoms with E-state index in [0.29, 0.717) is 33.6 Å². The summed E-state index contributed by atoms with van der Waals surface area (Å²) in [7, 11) is 1.24. The first-order valence-corrected chi connectivity index (χ1v) is 7.76. The molecule has 0 aliphatic heterocycles. The van der Waals surface area contributed by atoms with Gasteiger partial charge in [0, 0.05) is 18.1 Å². The fraction of sp³-hybridized carbons (Fsp3) is 0.211. The van der Waals surface area contributed by atoms with Crippen LogP contribution >= 0.6 is 0 Å². The topological polar surface area (TPSA) is 96.0 Å². The lowest BCUT2D eigenvalue weighted by atomic mass is 10.0. The summed E-state index contributed by atoms with van der Waals surface area (Å²) in [6, 6.07) is 4.52. The highest BCUT2D eigenvalue weighted by Gasteiger charge is 2.20.